The van der Waals surface area contributed by atoms with Crippen LogP contribution >= 0.6 is 0 Å². The molecule has 2 amide bonds. The van der Waals surface area contributed by atoms with Gasteiger partial charge in [0.2, 0.25) is 0 Å². The standard InChI is InChI=1S/C22H34N2O7/c23-20(27)21(28)24-13-11-9-7-5-3-1-2-4-6-8-10-12-14-30-15-17(25)19-18(26)16-31-22(19)29/h1,3,26H,2,4-16H2,(H2,23,27)(H,24,28)/b3-1-. The topological polar surface area (TPSA) is 145 Å². The lowest BCUT2D eigenvalue weighted by Gasteiger charge is -2.04. The zero-order chi connectivity index (χ0) is 22.9. The molecular weight excluding hydrogens is 404 g/mol. The maximum Gasteiger partial charge on any atom is 0.345 e. The second-order valence-corrected chi connectivity index (χ2v) is 7.37. The number of amides is 2. The highest BCUT2D eigenvalue weighted by Crippen LogP contribution is 2.14. The molecule has 0 fully saturated rings. The molecule has 9 nitrogen and oxygen atoms in total. The van der Waals surface area contributed by atoms with Crippen molar-refractivity contribution < 1.29 is 33.8 Å². The number of esters is 1. The van der Waals surface area contributed by atoms with Crippen molar-refractivity contribution in [3.05, 3.63) is 23.5 Å². The van der Waals surface area contributed by atoms with Gasteiger partial charge in [0.25, 0.3) is 0 Å². The Balaban J connectivity index is 1.85. The number of carbonyl (C=O) groups is 4. The summed E-state index contributed by atoms with van der Waals surface area (Å²) in [6.07, 6.45) is 14.5. The lowest BCUT2D eigenvalue weighted by atomic mass is 10.1. The summed E-state index contributed by atoms with van der Waals surface area (Å²) in [6.45, 7) is 0.459. The fourth-order valence-electron chi connectivity index (χ4n) is 2.99. The molecule has 174 valence electrons. The average Bonchev–Trinajstić information content (AvgIpc) is 3.07. The largest absolute Gasteiger partial charge is 0.508 e. The Morgan fingerprint density at radius 2 is 1.61 bits per heavy atom. The molecule has 1 heterocycles. The fraction of sp³-hybridized carbons (Fsp3) is 0.636. The molecule has 0 saturated carbocycles. The number of aliphatic hydroxyl groups is 1. The van der Waals surface area contributed by atoms with Gasteiger partial charge in [-0.2, -0.15) is 0 Å². The number of primary amides is 1. The molecule has 31 heavy (non-hydrogen) atoms. The third-order valence-electron chi connectivity index (χ3n) is 4.73. The Bertz CT molecular complexity index is 671. The van der Waals surface area contributed by atoms with E-state index in [2.05, 4.69) is 22.2 Å². The average molecular weight is 439 g/mol. The number of rotatable bonds is 17. The summed E-state index contributed by atoms with van der Waals surface area (Å²) in [5, 5.41) is 11.9. The molecule has 0 bridgehead atoms. The van der Waals surface area contributed by atoms with Crippen molar-refractivity contribution in [3.8, 4) is 0 Å². The highest BCUT2D eigenvalue weighted by molar-refractivity contribution is 6.34. The van der Waals surface area contributed by atoms with Crippen molar-refractivity contribution in [2.75, 3.05) is 26.4 Å². The smallest absolute Gasteiger partial charge is 0.345 e. The second-order valence-electron chi connectivity index (χ2n) is 7.37. The van der Waals surface area contributed by atoms with Crippen LogP contribution < -0.4 is 11.1 Å². The Kier molecular flexibility index (Phi) is 13.7. The first kappa shape index (κ1) is 26.4. The van der Waals surface area contributed by atoms with Gasteiger partial charge in [0, 0.05) is 13.2 Å². The van der Waals surface area contributed by atoms with Crippen LogP contribution in [-0.4, -0.2) is 55.0 Å². The molecule has 0 radical (unpaired) electrons. The zero-order valence-corrected chi connectivity index (χ0v) is 18.0. The summed E-state index contributed by atoms with van der Waals surface area (Å²) in [5.74, 6) is -3.32. The maximum absolute atomic E-state index is 11.8. The molecule has 9 heteroatoms. The highest BCUT2D eigenvalue weighted by Gasteiger charge is 2.30. The predicted molar refractivity (Wildman–Crippen MR) is 114 cm³/mol. The summed E-state index contributed by atoms with van der Waals surface area (Å²) in [6, 6.07) is 0. The molecule has 0 saturated heterocycles. The number of hydrogen-bond donors (Lipinski definition) is 3. The van der Waals surface area contributed by atoms with Gasteiger partial charge in [-0.25, -0.2) is 4.79 Å². The zero-order valence-electron chi connectivity index (χ0n) is 18.0. The number of carbonyl (C=O) groups excluding carboxylic acids is 4. The number of ketones is 1. The number of unbranched alkanes of at least 4 members (excludes halogenated alkanes) is 8. The first-order valence-corrected chi connectivity index (χ1v) is 10.9. The monoisotopic (exact) mass is 438 g/mol. The summed E-state index contributed by atoms with van der Waals surface area (Å²) in [5.41, 5.74) is 4.55. The molecule has 1 aliphatic rings. The van der Waals surface area contributed by atoms with E-state index in [4.69, 9.17) is 10.5 Å². The van der Waals surface area contributed by atoms with Gasteiger partial charge in [0.1, 0.15) is 24.5 Å². The van der Waals surface area contributed by atoms with Gasteiger partial charge in [-0.05, 0) is 38.5 Å². The lowest BCUT2D eigenvalue weighted by Crippen LogP contribution is -2.36. The molecule has 0 aromatic carbocycles. The molecule has 0 spiro atoms. The minimum atomic E-state index is -0.947. The van der Waals surface area contributed by atoms with E-state index < -0.39 is 23.6 Å². The Morgan fingerprint density at radius 1 is 1.00 bits per heavy atom. The van der Waals surface area contributed by atoms with E-state index in [0.29, 0.717) is 13.2 Å². The molecular formula is C22H34N2O7. The van der Waals surface area contributed by atoms with E-state index in [1.54, 1.807) is 0 Å². The second kappa shape index (κ2) is 16.1. The molecule has 0 atom stereocenters. The van der Waals surface area contributed by atoms with E-state index in [0.717, 1.165) is 64.2 Å². The van der Waals surface area contributed by atoms with Crippen LogP contribution in [0.4, 0.5) is 0 Å². The summed E-state index contributed by atoms with van der Waals surface area (Å²) < 4.78 is 9.85. The first-order chi connectivity index (χ1) is 14.9. The normalized spacial score (nSPS) is 13.6. The SMILES string of the molecule is NC(=O)C(=O)NCCCCC/C=C\CCCCCCCOCC(=O)C1=C(O)COC1=O. The fourth-order valence-corrected chi connectivity index (χ4v) is 2.99. The van der Waals surface area contributed by atoms with Gasteiger partial charge in [-0.15, -0.1) is 0 Å². The quantitative estimate of drug-likeness (QED) is 0.103. The van der Waals surface area contributed by atoms with Crippen LogP contribution in [0.1, 0.15) is 64.2 Å². The molecule has 4 N–H and O–H groups in total. The van der Waals surface area contributed by atoms with Gasteiger partial charge >= 0.3 is 17.8 Å². The molecule has 0 unspecified atom stereocenters. The third-order valence-corrected chi connectivity index (χ3v) is 4.73. The van der Waals surface area contributed by atoms with E-state index >= 15 is 0 Å². The van der Waals surface area contributed by atoms with Crippen LogP contribution in [0, 0.1) is 0 Å². The molecule has 0 aliphatic carbocycles. The summed E-state index contributed by atoms with van der Waals surface area (Å²) in [7, 11) is 0. The van der Waals surface area contributed by atoms with Crippen LogP contribution in [0.15, 0.2) is 23.5 Å². The van der Waals surface area contributed by atoms with E-state index in [1.807, 2.05) is 0 Å². The molecule has 1 aliphatic heterocycles. The minimum Gasteiger partial charge on any atom is -0.508 e. The maximum atomic E-state index is 11.8. The van der Waals surface area contributed by atoms with Crippen molar-refractivity contribution in [2.45, 2.75) is 64.2 Å². The van der Waals surface area contributed by atoms with Crippen LogP contribution in [-0.2, 0) is 28.7 Å². The van der Waals surface area contributed by atoms with Crippen molar-refractivity contribution in [2.24, 2.45) is 5.73 Å². The van der Waals surface area contributed by atoms with Crippen molar-refractivity contribution in [1.29, 1.82) is 0 Å². The van der Waals surface area contributed by atoms with Crippen LogP contribution in [0.25, 0.3) is 0 Å². The van der Waals surface area contributed by atoms with Gasteiger partial charge in [-0.3, -0.25) is 14.4 Å². The van der Waals surface area contributed by atoms with Crippen LogP contribution in [0.5, 0.6) is 0 Å². The number of hydrogen-bond acceptors (Lipinski definition) is 7. The Labute approximate surface area is 183 Å². The summed E-state index contributed by atoms with van der Waals surface area (Å²) >= 11 is 0. The van der Waals surface area contributed by atoms with E-state index in [9.17, 15) is 24.3 Å². The van der Waals surface area contributed by atoms with Crippen molar-refractivity contribution >= 4 is 23.6 Å². The number of Topliss-reactive ketones (excluding diaryl/α,β-unsaturated/α-hetero) is 1. The number of aliphatic hydroxyl groups excluding tert-OH is 1. The van der Waals surface area contributed by atoms with Gasteiger partial charge in [0.05, 0.1) is 0 Å². The number of nitrogens with two attached hydrogens (primary N) is 1. The highest BCUT2D eigenvalue weighted by atomic mass is 16.5. The van der Waals surface area contributed by atoms with Gasteiger partial charge in [0.15, 0.2) is 5.78 Å². The third kappa shape index (κ3) is 11.9. The predicted octanol–water partition coefficient (Wildman–Crippen LogP) is 2.00. The Morgan fingerprint density at radius 3 is 2.23 bits per heavy atom. The number of cyclic esters (lactones) is 1. The van der Waals surface area contributed by atoms with Crippen molar-refractivity contribution in [3.63, 3.8) is 0 Å². The number of nitrogens with one attached hydrogen (secondary N) is 1. The van der Waals surface area contributed by atoms with Gasteiger partial charge < -0.3 is 25.6 Å². The lowest BCUT2D eigenvalue weighted by molar-refractivity contribution is -0.138. The van der Waals surface area contributed by atoms with Crippen molar-refractivity contribution in [1.82, 2.24) is 5.32 Å². The summed E-state index contributed by atoms with van der Waals surface area (Å²) in [4.78, 5) is 44.5. The minimum absolute atomic E-state index is 0.221. The van der Waals surface area contributed by atoms with E-state index in [1.165, 1.54) is 0 Å². The Hall–Kier alpha value is -2.68. The van der Waals surface area contributed by atoms with Crippen LogP contribution in [0.3, 0.4) is 0 Å². The molecule has 1 rings (SSSR count). The first-order valence-electron chi connectivity index (χ1n) is 10.9. The molecule has 0 aromatic heterocycles. The van der Waals surface area contributed by atoms with Gasteiger partial charge in [-0.1, -0.05) is 37.8 Å². The van der Waals surface area contributed by atoms with E-state index in [-0.39, 0.29) is 24.5 Å². The number of ether oxygens (including phenoxy) is 2. The van der Waals surface area contributed by atoms with Crippen LogP contribution in [0.2, 0.25) is 0 Å². The molecule has 0 aromatic rings. The number of allylic oxidation sites excluding steroid dienone is 2.